The van der Waals surface area contributed by atoms with E-state index in [1.165, 1.54) is 41.1 Å². The SMILES string of the molecule is Cc1cc(C)n(-c2ccc(NC(=O)c3ccc(OC(F)F)cc3)cc2F)n1. The Balaban J connectivity index is 1.75. The molecular formula is C19H16F3N3O2. The van der Waals surface area contributed by atoms with Crippen molar-refractivity contribution in [3.63, 3.8) is 0 Å². The summed E-state index contributed by atoms with van der Waals surface area (Å²) in [5.41, 5.74) is 2.31. The average Bonchev–Trinajstić information content (AvgIpc) is 2.93. The Kier molecular flexibility index (Phi) is 5.16. The van der Waals surface area contributed by atoms with Gasteiger partial charge in [0.05, 0.1) is 5.69 Å². The molecule has 27 heavy (non-hydrogen) atoms. The molecule has 0 aliphatic carbocycles. The van der Waals surface area contributed by atoms with Crippen LogP contribution in [0.4, 0.5) is 18.9 Å². The van der Waals surface area contributed by atoms with E-state index in [-0.39, 0.29) is 22.7 Å². The molecular weight excluding hydrogens is 359 g/mol. The number of alkyl halides is 2. The van der Waals surface area contributed by atoms with Crippen molar-refractivity contribution < 1.29 is 22.7 Å². The van der Waals surface area contributed by atoms with E-state index >= 15 is 0 Å². The number of benzene rings is 2. The molecule has 0 spiro atoms. The molecule has 3 aromatic rings. The second kappa shape index (κ2) is 7.53. The summed E-state index contributed by atoms with van der Waals surface area (Å²) in [5.74, 6) is -1.10. The van der Waals surface area contributed by atoms with Gasteiger partial charge in [-0.15, -0.1) is 0 Å². The number of amides is 1. The summed E-state index contributed by atoms with van der Waals surface area (Å²) in [6, 6.07) is 11.3. The lowest BCUT2D eigenvalue weighted by Gasteiger charge is -2.10. The molecule has 1 aromatic heterocycles. The van der Waals surface area contributed by atoms with Crippen molar-refractivity contribution in [1.29, 1.82) is 0 Å². The van der Waals surface area contributed by atoms with Crippen molar-refractivity contribution in [3.8, 4) is 11.4 Å². The number of hydrogen-bond acceptors (Lipinski definition) is 3. The van der Waals surface area contributed by atoms with E-state index in [4.69, 9.17) is 0 Å². The van der Waals surface area contributed by atoms with Gasteiger partial charge >= 0.3 is 6.61 Å². The predicted octanol–water partition coefficient (Wildman–Crippen LogP) is 4.48. The van der Waals surface area contributed by atoms with E-state index in [0.717, 1.165) is 11.4 Å². The van der Waals surface area contributed by atoms with E-state index in [0.29, 0.717) is 0 Å². The minimum absolute atomic E-state index is 0.0539. The highest BCUT2D eigenvalue weighted by Crippen LogP contribution is 2.21. The molecule has 0 fully saturated rings. The molecule has 0 unspecified atom stereocenters. The van der Waals surface area contributed by atoms with Crippen LogP contribution in [0.5, 0.6) is 5.75 Å². The maximum Gasteiger partial charge on any atom is 0.387 e. The standard InChI is InChI=1S/C19H16F3N3O2/c1-11-9-12(2)25(24-11)17-8-5-14(10-16(17)20)23-18(26)13-3-6-15(7-4-13)27-19(21)22/h3-10,19H,1-2H3,(H,23,26). The van der Waals surface area contributed by atoms with Gasteiger partial charge in [0, 0.05) is 16.9 Å². The second-order valence-electron chi connectivity index (χ2n) is 5.86. The van der Waals surface area contributed by atoms with E-state index in [1.807, 2.05) is 19.9 Å². The zero-order valence-corrected chi connectivity index (χ0v) is 14.5. The van der Waals surface area contributed by atoms with Gasteiger partial charge in [0.25, 0.3) is 5.91 Å². The third-order valence-electron chi connectivity index (χ3n) is 3.79. The first-order valence-electron chi connectivity index (χ1n) is 8.03. The van der Waals surface area contributed by atoms with E-state index in [1.54, 1.807) is 6.07 Å². The Labute approximate surface area is 153 Å². The first kappa shape index (κ1) is 18.5. The number of nitrogens with one attached hydrogen (secondary N) is 1. The molecule has 0 atom stereocenters. The number of nitrogens with zero attached hydrogens (tertiary/aromatic N) is 2. The smallest absolute Gasteiger partial charge is 0.387 e. The van der Waals surface area contributed by atoms with Gasteiger partial charge in [0.15, 0.2) is 5.82 Å². The van der Waals surface area contributed by atoms with Crippen LogP contribution in [0, 0.1) is 19.7 Å². The van der Waals surface area contributed by atoms with Crippen molar-refractivity contribution in [3.05, 3.63) is 71.3 Å². The van der Waals surface area contributed by atoms with Crippen LogP contribution < -0.4 is 10.1 Å². The zero-order chi connectivity index (χ0) is 19.6. The van der Waals surface area contributed by atoms with Gasteiger partial charge in [0.2, 0.25) is 0 Å². The maximum atomic E-state index is 14.5. The van der Waals surface area contributed by atoms with Crippen molar-refractivity contribution in [2.24, 2.45) is 0 Å². The lowest BCUT2D eigenvalue weighted by molar-refractivity contribution is -0.0498. The summed E-state index contributed by atoms with van der Waals surface area (Å²) in [6.45, 7) is 0.692. The van der Waals surface area contributed by atoms with Gasteiger partial charge in [-0.3, -0.25) is 4.79 Å². The number of aryl methyl sites for hydroxylation is 2. The number of aromatic nitrogens is 2. The van der Waals surface area contributed by atoms with Crippen LogP contribution in [0.25, 0.3) is 5.69 Å². The quantitative estimate of drug-likeness (QED) is 0.715. The highest BCUT2D eigenvalue weighted by atomic mass is 19.3. The molecule has 1 heterocycles. The summed E-state index contributed by atoms with van der Waals surface area (Å²) >= 11 is 0. The molecule has 0 saturated carbocycles. The molecule has 0 bridgehead atoms. The van der Waals surface area contributed by atoms with Gasteiger partial charge in [-0.2, -0.15) is 13.9 Å². The number of hydrogen-bond donors (Lipinski definition) is 1. The van der Waals surface area contributed by atoms with Crippen LogP contribution in [0.3, 0.4) is 0 Å². The van der Waals surface area contributed by atoms with Crippen LogP contribution in [0.1, 0.15) is 21.7 Å². The molecule has 3 rings (SSSR count). The Hall–Kier alpha value is -3.29. The van der Waals surface area contributed by atoms with Gasteiger partial charge in [-0.05, 0) is 62.4 Å². The Bertz CT molecular complexity index is 969. The number of carbonyl (C=O) groups is 1. The molecule has 1 N–H and O–H groups in total. The third-order valence-corrected chi connectivity index (χ3v) is 3.79. The van der Waals surface area contributed by atoms with Gasteiger partial charge in [-0.25, -0.2) is 9.07 Å². The summed E-state index contributed by atoms with van der Waals surface area (Å²) in [4.78, 5) is 12.2. The largest absolute Gasteiger partial charge is 0.435 e. The summed E-state index contributed by atoms with van der Waals surface area (Å²) in [5, 5.41) is 6.79. The van der Waals surface area contributed by atoms with Crippen LogP contribution in [0.2, 0.25) is 0 Å². The summed E-state index contributed by atoms with van der Waals surface area (Å²) < 4.78 is 44.4. The maximum absolute atomic E-state index is 14.5. The molecule has 0 saturated heterocycles. The first-order chi connectivity index (χ1) is 12.8. The minimum atomic E-state index is -2.94. The minimum Gasteiger partial charge on any atom is -0.435 e. The van der Waals surface area contributed by atoms with Crippen molar-refractivity contribution in [2.75, 3.05) is 5.32 Å². The van der Waals surface area contributed by atoms with E-state index in [2.05, 4.69) is 15.2 Å². The third kappa shape index (κ3) is 4.28. The van der Waals surface area contributed by atoms with Crippen LogP contribution in [-0.2, 0) is 0 Å². The van der Waals surface area contributed by atoms with Gasteiger partial charge in [0.1, 0.15) is 11.4 Å². The topological polar surface area (TPSA) is 56.2 Å². The second-order valence-corrected chi connectivity index (χ2v) is 5.86. The molecule has 5 nitrogen and oxygen atoms in total. The Morgan fingerprint density at radius 2 is 1.81 bits per heavy atom. The van der Waals surface area contributed by atoms with Crippen molar-refractivity contribution in [2.45, 2.75) is 20.5 Å². The fourth-order valence-electron chi connectivity index (χ4n) is 2.62. The number of ether oxygens (including phenoxy) is 1. The van der Waals surface area contributed by atoms with Crippen LogP contribution in [-0.4, -0.2) is 22.3 Å². The van der Waals surface area contributed by atoms with Crippen LogP contribution in [0.15, 0.2) is 48.5 Å². The molecule has 0 radical (unpaired) electrons. The fraction of sp³-hybridized carbons (Fsp3) is 0.158. The van der Waals surface area contributed by atoms with E-state index < -0.39 is 18.3 Å². The van der Waals surface area contributed by atoms with Crippen LogP contribution >= 0.6 is 0 Å². The molecule has 8 heteroatoms. The van der Waals surface area contributed by atoms with Gasteiger partial charge < -0.3 is 10.1 Å². The Morgan fingerprint density at radius 3 is 2.37 bits per heavy atom. The molecule has 140 valence electrons. The number of halogens is 3. The van der Waals surface area contributed by atoms with Crippen molar-refractivity contribution in [1.82, 2.24) is 9.78 Å². The molecule has 1 amide bonds. The average molecular weight is 375 g/mol. The van der Waals surface area contributed by atoms with E-state index in [9.17, 15) is 18.0 Å². The number of carbonyl (C=O) groups excluding carboxylic acids is 1. The fourth-order valence-corrected chi connectivity index (χ4v) is 2.62. The number of rotatable bonds is 5. The highest BCUT2D eigenvalue weighted by molar-refractivity contribution is 6.04. The first-order valence-corrected chi connectivity index (χ1v) is 8.03. The summed E-state index contributed by atoms with van der Waals surface area (Å²) in [7, 11) is 0. The molecule has 0 aliphatic rings. The normalized spacial score (nSPS) is 10.9. The molecule has 2 aromatic carbocycles. The predicted molar refractivity (Wildman–Crippen MR) is 94.0 cm³/mol. The molecule has 0 aliphatic heterocycles. The lowest BCUT2D eigenvalue weighted by atomic mass is 10.2. The Morgan fingerprint density at radius 1 is 1.11 bits per heavy atom. The highest BCUT2D eigenvalue weighted by Gasteiger charge is 2.12. The summed E-state index contributed by atoms with van der Waals surface area (Å²) in [6.07, 6.45) is 0. The number of anilines is 1. The lowest BCUT2D eigenvalue weighted by Crippen LogP contribution is -2.12. The van der Waals surface area contributed by atoms with Crippen molar-refractivity contribution >= 4 is 11.6 Å². The zero-order valence-electron chi connectivity index (χ0n) is 14.5. The van der Waals surface area contributed by atoms with Gasteiger partial charge in [-0.1, -0.05) is 0 Å². The monoisotopic (exact) mass is 375 g/mol.